The highest BCUT2D eigenvalue weighted by Crippen LogP contribution is 2.14. The van der Waals surface area contributed by atoms with Crippen LogP contribution in [0.25, 0.3) is 0 Å². The van der Waals surface area contributed by atoms with Crippen LogP contribution in [0.1, 0.15) is 33.6 Å². The van der Waals surface area contributed by atoms with Gasteiger partial charge >= 0.3 is 12.0 Å². The van der Waals surface area contributed by atoms with E-state index in [1.165, 1.54) is 4.90 Å². The molecule has 0 radical (unpaired) electrons. The molecular formula is C14H26N2O3. The summed E-state index contributed by atoms with van der Waals surface area (Å²) in [5.74, 6) is -0.440. The Hall–Kier alpha value is -1.52. The third kappa shape index (κ3) is 9.11. The number of rotatable bonds is 8. The molecule has 110 valence electrons. The van der Waals surface area contributed by atoms with E-state index in [2.05, 4.69) is 11.9 Å². The zero-order chi connectivity index (χ0) is 15.0. The number of carboxylic acid groups (broad SMARTS) is 1. The second-order valence-electron chi connectivity index (χ2n) is 5.59. The first-order chi connectivity index (χ1) is 8.72. The minimum Gasteiger partial charge on any atom is -0.481 e. The molecular weight excluding hydrogens is 244 g/mol. The number of carbonyl (C=O) groups is 2. The van der Waals surface area contributed by atoms with E-state index in [0.29, 0.717) is 19.0 Å². The van der Waals surface area contributed by atoms with Crippen molar-refractivity contribution in [3.63, 3.8) is 0 Å². The summed E-state index contributed by atoms with van der Waals surface area (Å²) in [6.07, 6.45) is 0.874. The number of likely N-dealkylation sites (N-methyl/N-ethyl adjacent to an activating group) is 1. The molecule has 0 spiro atoms. The SMILES string of the molecule is C=C(C)CN(C)C(=O)NC[C@H](CC(=O)O)CC(C)C. The molecule has 0 bridgehead atoms. The molecule has 0 aliphatic rings. The summed E-state index contributed by atoms with van der Waals surface area (Å²) >= 11 is 0. The van der Waals surface area contributed by atoms with Crippen LogP contribution in [0.5, 0.6) is 0 Å². The van der Waals surface area contributed by atoms with Crippen molar-refractivity contribution in [1.82, 2.24) is 10.2 Å². The molecule has 0 rings (SSSR count). The molecule has 0 aliphatic carbocycles. The number of aliphatic carboxylic acids is 1. The summed E-state index contributed by atoms with van der Waals surface area (Å²) in [6.45, 7) is 10.6. The van der Waals surface area contributed by atoms with Crippen LogP contribution in [0.3, 0.4) is 0 Å². The molecule has 2 amide bonds. The Morgan fingerprint density at radius 1 is 1.37 bits per heavy atom. The second-order valence-corrected chi connectivity index (χ2v) is 5.59. The van der Waals surface area contributed by atoms with Gasteiger partial charge in [0.05, 0.1) is 0 Å². The zero-order valence-corrected chi connectivity index (χ0v) is 12.4. The first kappa shape index (κ1) is 17.5. The molecule has 5 nitrogen and oxygen atoms in total. The molecule has 0 fully saturated rings. The number of amides is 2. The Labute approximate surface area is 115 Å². The Balaban J connectivity index is 4.25. The molecule has 0 saturated carbocycles. The monoisotopic (exact) mass is 270 g/mol. The van der Waals surface area contributed by atoms with E-state index in [-0.39, 0.29) is 18.4 Å². The van der Waals surface area contributed by atoms with Gasteiger partial charge in [-0.05, 0) is 25.2 Å². The molecule has 5 heteroatoms. The van der Waals surface area contributed by atoms with Crippen LogP contribution in [0.2, 0.25) is 0 Å². The van der Waals surface area contributed by atoms with Gasteiger partial charge in [0, 0.05) is 26.6 Å². The van der Waals surface area contributed by atoms with Gasteiger partial charge in [0.15, 0.2) is 0 Å². The van der Waals surface area contributed by atoms with Crippen LogP contribution < -0.4 is 5.32 Å². The van der Waals surface area contributed by atoms with E-state index >= 15 is 0 Å². The topological polar surface area (TPSA) is 69.6 Å². The minimum atomic E-state index is -0.824. The maximum Gasteiger partial charge on any atom is 0.317 e. The Morgan fingerprint density at radius 3 is 2.37 bits per heavy atom. The highest BCUT2D eigenvalue weighted by molar-refractivity contribution is 5.74. The molecule has 2 N–H and O–H groups in total. The van der Waals surface area contributed by atoms with Gasteiger partial charge in [-0.2, -0.15) is 0 Å². The number of carbonyl (C=O) groups excluding carboxylic acids is 1. The van der Waals surface area contributed by atoms with Crippen molar-refractivity contribution in [1.29, 1.82) is 0 Å². The van der Waals surface area contributed by atoms with Crippen molar-refractivity contribution in [2.45, 2.75) is 33.6 Å². The minimum absolute atomic E-state index is 0.0281. The van der Waals surface area contributed by atoms with Gasteiger partial charge in [0.25, 0.3) is 0 Å². The Morgan fingerprint density at radius 2 is 1.95 bits per heavy atom. The number of nitrogens with zero attached hydrogens (tertiary/aromatic N) is 1. The van der Waals surface area contributed by atoms with E-state index < -0.39 is 5.97 Å². The van der Waals surface area contributed by atoms with Gasteiger partial charge in [-0.25, -0.2) is 4.79 Å². The average Bonchev–Trinajstić information content (AvgIpc) is 2.22. The van der Waals surface area contributed by atoms with Gasteiger partial charge in [0.2, 0.25) is 0 Å². The van der Waals surface area contributed by atoms with Crippen LogP contribution in [0, 0.1) is 11.8 Å². The molecule has 1 atom stereocenters. The number of urea groups is 1. The van der Waals surface area contributed by atoms with Crippen LogP contribution >= 0.6 is 0 Å². The lowest BCUT2D eigenvalue weighted by atomic mass is 9.94. The first-order valence-corrected chi connectivity index (χ1v) is 6.57. The first-order valence-electron chi connectivity index (χ1n) is 6.57. The number of hydrogen-bond acceptors (Lipinski definition) is 2. The van der Waals surface area contributed by atoms with Crippen LogP contribution in [0.4, 0.5) is 4.79 Å². The summed E-state index contributed by atoms with van der Waals surface area (Å²) in [5.41, 5.74) is 0.905. The van der Waals surface area contributed by atoms with Crippen molar-refractivity contribution >= 4 is 12.0 Å². The van der Waals surface area contributed by atoms with Crippen molar-refractivity contribution < 1.29 is 14.7 Å². The number of hydrogen-bond donors (Lipinski definition) is 2. The van der Waals surface area contributed by atoms with Crippen molar-refractivity contribution in [2.75, 3.05) is 20.1 Å². The van der Waals surface area contributed by atoms with Crippen molar-refractivity contribution in [3.8, 4) is 0 Å². The summed E-state index contributed by atoms with van der Waals surface area (Å²) in [4.78, 5) is 24.1. The van der Waals surface area contributed by atoms with Crippen molar-refractivity contribution in [2.24, 2.45) is 11.8 Å². The highest BCUT2D eigenvalue weighted by Gasteiger charge is 2.17. The average molecular weight is 270 g/mol. The lowest BCUT2D eigenvalue weighted by Gasteiger charge is -2.21. The fourth-order valence-corrected chi connectivity index (χ4v) is 2.00. The molecule has 0 aromatic carbocycles. The van der Waals surface area contributed by atoms with Gasteiger partial charge < -0.3 is 15.3 Å². The lowest BCUT2D eigenvalue weighted by Crippen LogP contribution is -2.40. The summed E-state index contributed by atoms with van der Waals surface area (Å²) in [5, 5.41) is 11.6. The molecule has 0 aliphatic heterocycles. The Bertz CT molecular complexity index is 327. The normalized spacial score (nSPS) is 12.1. The van der Waals surface area contributed by atoms with E-state index in [4.69, 9.17) is 5.11 Å². The molecule has 0 unspecified atom stereocenters. The maximum atomic E-state index is 11.8. The molecule has 0 aromatic rings. The van der Waals surface area contributed by atoms with E-state index in [9.17, 15) is 9.59 Å². The van der Waals surface area contributed by atoms with Crippen LogP contribution in [-0.4, -0.2) is 42.1 Å². The van der Waals surface area contributed by atoms with E-state index in [1.54, 1.807) is 7.05 Å². The largest absolute Gasteiger partial charge is 0.481 e. The third-order valence-electron chi connectivity index (χ3n) is 2.66. The summed E-state index contributed by atoms with van der Waals surface area (Å²) in [6, 6.07) is -0.192. The van der Waals surface area contributed by atoms with E-state index in [0.717, 1.165) is 12.0 Å². The van der Waals surface area contributed by atoms with Crippen molar-refractivity contribution in [3.05, 3.63) is 12.2 Å². The maximum absolute atomic E-state index is 11.8. The predicted molar refractivity (Wildman–Crippen MR) is 76.0 cm³/mol. The third-order valence-corrected chi connectivity index (χ3v) is 2.66. The summed E-state index contributed by atoms with van der Waals surface area (Å²) in [7, 11) is 1.69. The zero-order valence-electron chi connectivity index (χ0n) is 12.4. The number of carboxylic acids is 1. The van der Waals surface area contributed by atoms with Crippen LogP contribution in [0.15, 0.2) is 12.2 Å². The molecule has 0 heterocycles. The smallest absolute Gasteiger partial charge is 0.317 e. The molecule has 19 heavy (non-hydrogen) atoms. The van der Waals surface area contributed by atoms with Crippen LogP contribution in [-0.2, 0) is 4.79 Å². The van der Waals surface area contributed by atoms with Gasteiger partial charge in [-0.15, -0.1) is 0 Å². The molecule has 0 saturated heterocycles. The predicted octanol–water partition coefficient (Wildman–Crippen LogP) is 2.34. The standard InChI is InChI=1S/C14H26N2O3/c1-10(2)6-12(7-13(17)18)8-15-14(19)16(5)9-11(3)4/h10,12H,3,6-9H2,1-2,4-5H3,(H,15,19)(H,17,18)/t12-/m0/s1. The highest BCUT2D eigenvalue weighted by atomic mass is 16.4. The quantitative estimate of drug-likeness (QED) is 0.665. The molecule has 0 aromatic heterocycles. The second kappa shape index (κ2) is 8.56. The Kier molecular flexibility index (Phi) is 7.87. The van der Waals surface area contributed by atoms with Gasteiger partial charge in [0.1, 0.15) is 0 Å². The summed E-state index contributed by atoms with van der Waals surface area (Å²) < 4.78 is 0. The van der Waals surface area contributed by atoms with Gasteiger partial charge in [-0.3, -0.25) is 4.79 Å². The number of nitrogens with one attached hydrogen (secondary N) is 1. The lowest BCUT2D eigenvalue weighted by molar-refractivity contribution is -0.138. The van der Waals surface area contributed by atoms with Gasteiger partial charge in [-0.1, -0.05) is 26.0 Å². The fourth-order valence-electron chi connectivity index (χ4n) is 2.00. The van der Waals surface area contributed by atoms with E-state index in [1.807, 2.05) is 20.8 Å². The fraction of sp³-hybridized carbons (Fsp3) is 0.714.